The Balaban J connectivity index is 2.65. The minimum Gasteiger partial charge on any atom is -0.493 e. The highest BCUT2D eigenvalue weighted by molar-refractivity contribution is 5.92. The Morgan fingerprint density at radius 2 is 1.73 bits per heavy atom. The first kappa shape index (κ1) is 21.8. The van der Waals surface area contributed by atoms with Crippen LogP contribution in [-0.2, 0) is 14.9 Å². The van der Waals surface area contributed by atoms with Gasteiger partial charge in [0.15, 0.2) is 0 Å². The standard InChI is InChI=1S/C20H31NO5/c1-19(2,3)14-9-10-15(17(22)24-7)16(13-14)25-12-8-11-21-18(23)26-20(4,5)6/h9-10,13H,8,11-12H2,1-7H3,(H,21,23). The molecule has 6 heteroatoms. The van der Waals surface area contributed by atoms with Crippen molar-refractivity contribution in [3.05, 3.63) is 29.3 Å². The molecule has 0 aliphatic heterocycles. The van der Waals surface area contributed by atoms with Crippen molar-refractivity contribution in [2.75, 3.05) is 20.3 Å². The number of carbonyl (C=O) groups excluding carboxylic acids is 2. The summed E-state index contributed by atoms with van der Waals surface area (Å²) < 4.78 is 15.8. The number of benzene rings is 1. The van der Waals surface area contributed by atoms with E-state index in [1.54, 1.807) is 6.07 Å². The molecule has 0 atom stereocenters. The average molecular weight is 365 g/mol. The number of nitrogens with one attached hydrogen (secondary N) is 1. The molecule has 26 heavy (non-hydrogen) atoms. The molecule has 0 heterocycles. The van der Waals surface area contributed by atoms with E-state index in [0.717, 1.165) is 5.56 Å². The first-order valence-electron chi connectivity index (χ1n) is 8.76. The van der Waals surface area contributed by atoms with Gasteiger partial charge in [0.1, 0.15) is 16.9 Å². The molecule has 0 aromatic heterocycles. The van der Waals surface area contributed by atoms with Gasteiger partial charge in [-0.15, -0.1) is 0 Å². The van der Waals surface area contributed by atoms with E-state index in [2.05, 4.69) is 26.1 Å². The van der Waals surface area contributed by atoms with Crippen LogP contribution < -0.4 is 10.1 Å². The van der Waals surface area contributed by atoms with Gasteiger partial charge in [0, 0.05) is 6.54 Å². The van der Waals surface area contributed by atoms with Crippen molar-refractivity contribution in [3.63, 3.8) is 0 Å². The lowest BCUT2D eigenvalue weighted by atomic mass is 9.86. The van der Waals surface area contributed by atoms with E-state index >= 15 is 0 Å². The van der Waals surface area contributed by atoms with Crippen LogP contribution in [0.5, 0.6) is 5.75 Å². The molecule has 0 aliphatic rings. The SMILES string of the molecule is COC(=O)c1ccc(C(C)(C)C)cc1OCCCNC(=O)OC(C)(C)C. The van der Waals surface area contributed by atoms with Gasteiger partial charge >= 0.3 is 12.1 Å². The largest absolute Gasteiger partial charge is 0.493 e. The van der Waals surface area contributed by atoms with E-state index in [-0.39, 0.29) is 5.41 Å². The van der Waals surface area contributed by atoms with Crippen LogP contribution >= 0.6 is 0 Å². The third-order valence-corrected chi connectivity index (χ3v) is 3.50. The van der Waals surface area contributed by atoms with Crippen LogP contribution in [0.2, 0.25) is 0 Å². The maximum Gasteiger partial charge on any atom is 0.407 e. The van der Waals surface area contributed by atoms with Crippen molar-refractivity contribution in [2.45, 2.75) is 59.0 Å². The number of esters is 1. The molecule has 0 saturated heterocycles. The minimum absolute atomic E-state index is 0.0645. The number of amides is 1. The van der Waals surface area contributed by atoms with Crippen molar-refractivity contribution < 1.29 is 23.8 Å². The van der Waals surface area contributed by atoms with Crippen LogP contribution in [0.1, 0.15) is 63.9 Å². The Labute approximate surface area is 156 Å². The number of carbonyl (C=O) groups is 2. The van der Waals surface area contributed by atoms with E-state index in [9.17, 15) is 9.59 Å². The lowest BCUT2D eigenvalue weighted by molar-refractivity contribution is 0.0525. The number of hydrogen-bond donors (Lipinski definition) is 1. The summed E-state index contributed by atoms with van der Waals surface area (Å²) in [6.07, 6.45) is 0.127. The Morgan fingerprint density at radius 3 is 2.27 bits per heavy atom. The molecule has 0 spiro atoms. The van der Waals surface area contributed by atoms with Crippen molar-refractivity contribution >= 4 is 12.1 Å². The third-order valence-electron chi connectivity index (χ3n) is 3.50. The van der Waals surface area contributed by atoms with Gasteiger partial charge in [-0.25, -0.2) is 9.59 Å². The summed E-state index contributed by atoms with van der Waals surface area (Å²) in [5, 5.41) is 2.68. The molecule has 0 radical (unpaired) electrons. The lowest BCUT2D eigenvalue weighted by Crippen LogP contribution is -2.33. The fraction of sp³-hybridized carbons (Fsp3) is 0.600. The van der Waals surface area contributed by atoms with E-state index in [0.29, 0.717) is 30.9 Å². The third kappa shape index (κ3) is 7.33. The van der Waals surface area contributed by atoms with Gasteiger partial charge in [-0.2, -0.15) is 0 Å². The average Bonchev–Trinajstić information content (AvgIpc) is 2.51. The zero-order chi connectivity index (χ0) is 20.0. The summed E-state index contributed by atoms with van der Waals surface area (Å²) in [5.74, 6) is 0.0499. The summed E-state index contributed by atoms with van der Waals surface area (Å²) in [4.78, 5) is 23.5. The molecule has 0 bridgehead atoms. The molecule has 1 aromatic carbocycles. The first-order valence-corrected chi connectivity index (χ1v) is 8.76. The predicted octanol–water partition coefficient (Wildman–Crippen LogP) is 4.06. The Hall–Kier alpha value is -2.24. The predicted molar refractivity (Wildman–Crippen MR) is 101 cm³/mol. The highest BCUT2D eigenvalue weighted by Gasteiger charge is 2.20. The second-order valence-electron chi connectivity index (χ2n) is 8.08. The molecule has 0 saturated carbocycles. The second-order valence-corrected chi connectivity index (χ2v) is 8.08. The number of ether oxygens (including phenoxy) is 3. The monoisotopic (exact) mass is 365 g/mol. The van der Waals surface area contributed by atoms with Gasteiger partial charge < -0.3 is 19.5 Å². The highest BCUT2D eigenvalue weighted by Crippen LogP contribution is 2.29. The maximum absolute atomic E-state index is 11.9. The van der Waals surface area contributed by atoms with Crippen molar-refractivity contribution in [1.82, 2.24) is 5.32 Å². The molecule has 1 rings (SSSR count). The lowest BCUT2D eigenvalue weighted by Gasteiger charge is -2.21. The molecule has 1 amide bonds. The van der Waals surface area contributed by atoms with E-state index in [1.807, 2.05) is 32.9 Å². The number of hydrogen-bond acceptors (Lipinski definition) is 5. The van der Waals surface area contributed by atoms with E-state index in [1.165, 1.54) is 7.11 Å². The topological polar surface area (TPSA) is 73.9 Å². The summed E-state index contributed by atoms with van der Waals surface area (Å²) in [7, 11) is 1.34. The molecule has 0 aliphatic carbocycles. The fourth-order valence-corrected chi connectivity index (χ4v) is 2.15. The molecule has 146 valence electrons. The van der Waals surface area contributed by atoms with Crippen LogP contribution in [0.3, 0.4) is 0 Å². The van der Waals surface area contributed by atoms with Gasteiger partial charge in [-0.3, -0.25) is 0 Å². The molecular formula is C20H31NO5. The number of rotatable bonds is 6. The molecule has 0 unspecified atom stereocenters. The second kappa shape index (κ2) is 8.92. The van der Waals surface area contributed by atoms with Crippen molar-refractivity contribution in [2.24, 2.45) is 0 Å². The van der Waals surface area contributed by atoms with E-state index in [4.69, 9.17) is 14.2 Å². The highest BCUT2D eigenvalue weighted by atomic mass is 16.6. The fourth-order valence-electron chi connectivity index (χ4n) is 2.15. The van der Waals surface area contributed by atoms with Crippen LogP contribution in [-0.4, -0.2) is 37.9 Å². The van der Waals surface area contributed by atoms with Crippen LogP contribution in [0.4, 0.5) is 4.79 Å². The summed E-state index contributed by atoms with van der Waals surface area (Å²) in [5.41, 5.74) is 0.863. The Morgan fingerprint density at radius 1 is 1.08 bits per heavy atom. The van der Waals surface area contributed by atoms with Crippen LogP contribution in [0.15, 0.2) is 18.2 Å². The van der Waals surface area contributed by atoms with Crippen molar-refractivity contribution in [1.29, 1.82) is 0 Å². The van der Waals surface area contributed by atoms with Gasteiger partial charge in [0.2, 0.25) is 0 Å². The molecule has 6 nitrogen and oxygen atoms in total. The zero-order valence-corrected chi connectivity index (χ0v) is 16.9. The molecular weight excluding hydrogens is 334 g/mol. The maximum atomic E-state index is 11.9. The van der Waals surface area contributed by atoms with Crippen LogP contribution in [0, 0.1) is 0 Å². The van der Waals surface area contributed by atoms with Gasteiger partial charge in [-0.05, 0) is 50.3 Å². The van der Waals surface area contributed by atoms with Gasteiger partial charge in [0.25, 0.3) is 0 Å². The smallest absolute Gasteiger partial charge is 0.407 e. The van der Waals surface area contributed by atoms with Crippen LogP contribution in [0.25, 0.3) is 0 Å². The number of alkyl carbamates (subject to hydrolysis) is 1. The molecule has 1 aromatic rings. The Kier molecular flexibility index (Phi) is 7.48. The first-order chi connectivity index (χ1) is 11.9. The Bertz CT molecular complexity index is 626. The van der Waals surface area contributed by atoms with E-state index < -0.39 is 17.7 Å². The van der Waals surface area contributed by atoms with Crippen molar-refractivity contribution in [3.8, 4) is 5.75 Å². The number of methoxy groups -OCH3 is 1. The molecule has 0 fully saturated rings. The zero-order valence-electron chi connectivity index (χ0n) is 16.9. The normalized spacial score (nSPS) is 11.7. The summed E-state index contributed by atoms with van der Waals surface area (Å²) in [6, 6.07) is 5.50. The summed E-state index contributed by atoms with van der Waals surface area (Å²) >= 11 is 0. The van der Waals surface area contributed by atoms with Gasteiger partial charge in [0.05, 0.1) is 13.7 Å². The van der Waals surface area contributed by atoms with Gasteiger partial charge in [-0.1, -0.05) is 26.8 Å². The quantitative estimate of drug-likeness (QED) is 0.608. The summed E-state index contributed by atoms with van der Waals surface area (Å²) in [6.45, 7) is 12.5. The molecule has 1 N–H and O–H groups in total. The minimum atomic E-state index is -0.524.